The molecule has 0 aliphatic heterocycles. The van der Waals surface area contributed by atoms with E-state index in [1.165, 1.54) is 11.0 Å². The summed E-state index contributed by atoms with van der Waals surface area (Å²) in [5, 5.41) is 19.2. The van der Waals surface area contributed by atoms with Crippen LogP contribution in [0.1, 0.15) is 16.3 Å². The van der Waals surface area contributed by atoms with E-state index in [0.717, 1.165) is 11.3 Å². The van der Waals surface area contributed by atoms with Crippen LogP contribution in [0.3, 0.4) is 0 Å². The van der Waals surface area contributed by atoms with E-state index in [9.17, 15) is 4.79 Å². The average molecular weight is 319 g/mol. The van der Waals surface area contributed by atoms with Crippen molar-refractivity contribution >= 4 is 11.6 Å². The number of amides is 1. The van der Waals surface area contributed by atoms with Gasteiger partial charge < -0.3 is 5.32 Å². The molecule has 0 radical (unpaired) electrons. The van der Waals surface area contributed by atoms with Crippen LogP contribution in [0.5, 0.6) is 0 Å². The van der Waals surface area contributed by atoms with E-state index in [-0.39, 0.29) is 18.1 Å². The highest BCUT2D eigenvalue weighted by Gasteiger charge is 2.13. The quantitative estimate of drug-likeness (QED) is 0.611. The molecule has 0 bridgehead atoms. The molecule has 24 heavy (non-hydrogen) atoms. The second-order valence-corrected chi connectivity index (χ2v) is 5.08. The van der Waals surface area contributed by atoms with Crippen LogP contribution in [0, 0.1) is 0 Å². The lowest BCUT2D eigenvalue weighted by Gasteiger charge is -2.01. The number of fused-ring (bicyclic) bond motifs is 1. The first kappa shape index (κ1) is 14.1. The van der Waals surface area contributed by atoms with Crippen LogP contribution in [0.2, 0.25) is 0 Å². The maximum Gasteiger partial charge on any atom is 0.273 e. The molecule has 118 valence electrons. The van der Waals surface area contributed by atoms with Gasteiger partial charge in [0.2, 0.25) is 0 Å². The van der Waals surface area contributed by atoms with Gasteiger partial charge >= 0.3 is 0 Å². The molecular formula is C16H13N7O. The molecule has 1 amide bonds. The predicted molar refractivity (Wildman–Crippen MR) is 85.5 cm³/mol. The summed E-state index contributed by atoms with van der Waals surface area (Å²) in [4.78, 5) is 13.7. The van der Waals surface area contributed by atoms with Gasteiger partial charge in [-0.05, 0) is 24.3 Å². The first-order chi connectivity index (χ1) is 11.8. The van der Waals surface area contributed by atoms with Crippen LogP contribution in [-0.2, 0) is 6.54 Å². The van der Waals surface area contributed by atoms with Gasteiger partial charge in [0.1, 0.15) is 0 Å². The summed E-state index contributed by atoms with van der Waals surface area (Å²) in [6, 6.07) is 15.0. The van der Waals surface area contributed by atoms with Crippen LogP contribution >= 0.6 is 0 Å². The van der Waals surface area contributed by atoms with E-state index in [0.29, 0.717) is 5.82 Å². The number of pyridine rings is 1. The lowest BCUT2D eigenvalue weighted by Crippen LogP contribution is -2.24. The molecule has 0 saturated heterocycles. The molecular weight excluding hydrogens is 306 g/mol. The third-order valence-electron chi connectivity index (χ3n) is 3.50. The van der Waals surface area contributed by atoms with Crippen molar-refractivity contribution < 1.29 is 4.79 Å². The summed E-state index contributed by atoms with van der Waals surface area (Å²) in [5.41, 5.74) is 1.77. The fourth-order valence-corrected chi connectivity index (χ4v) is 2.31. The zero-order chi connectivity index (χ0) is 16.4. The number of nitrogens with zero attached hydrogens (tertiary/aromatic N) is 6. The van der Waals surface area contributed by atoms with Crippen LogP contribution < -0.4 is 5.32 Å². The highest BCUT2D eigenvalue weighted by atomic mass is 16.2. The van der Waals surface area contributed by atoms with Gasteiger partial charge in [0.25, 0.3) is 5.91 Å². The maximum absolute atomic E-state index is 12.2. The lowest BCUT2D eigenvalue weighted by molar-refractivity contribution is 0.0944. The number of para-hydroxylation sites is 1. The Balaban J connectivity index is 1.48. The Morgan fingerprint density at radius 1 is 1.04 bits per heavy atom. The maximum atomic E-state index is 12.2. The van der Waals surface area contributed by atoms with Crippen molar-refractivity contribution in [1.29, 1.82) is 0 Å². The van der Waals surface area contributed by atoms with E-state index in [1.807, 2.05) is 59.1 Å². The standard InChI is InChI=1S/C16H13N7O/c24-16(13-10-18-23(21-13)12-6-2-1-3-7-12)17-11-15-20-19-14-8-4-5-9-22(14)15/h1-10H,11H2,(H,17,24). The topological polar surface area (TPSA) is 90.0 Å². The van der Waals surface area contributed by atoms with Gasteiger partial charge in [-0.25, -0.2) is 0 Å². The SMILES string of the molecule is O=C(NCc1nnc2ccccn12)c1cnn(-c2ccccc2)n1. The number of hydrogen-bond donors (Lipinski definition) is 1. The van der Waals surface area contributed by atoms with Crippen LogP contribution in [-0.4, -0.2) is 35.5 Å². The Morgan fingerprint density at radius 2 is 1.88 bits per heavy atom. The van der Waals surface area contributed by atoms with Crippen molar-refractivity contribution in [3.8, 4) is 5.69 Å². The average Bonchev–Trinajstić information content (AvgIpc) is 3.28. The Bertz CT molecular complexity index is 990. The molecule has 4 rings (SSSR count). The highest BCUT2D eigenvalue weighted by Crippen LogP contribution is 2.05. The van der Waals surface area contributed by atoms with Crippen LogP contribution in [0.25, 0.3) is 11.3 Å². The minimum absolute atomic E-state index is 0.243. The molecule has 0 aliphatic carbocycles. The van der Waals surface area contributed by atoms with Crippen molar-refractivity contribution in [2.24, 2.45) is 0 Å². The Labute approximate surface area is 136 Å². The Kier molecular flexibility index (Phi) is 3.47. The zero-order valence-electron chi connectivity index (χ0n) is 12.6. The van der Waals surface area contributed by atoms with E-state index in [4.69, 9.17) is 0 Å². The number of aromatic nitrogens is 6. The number of hydrogen-bond acceptors (Lipinski definition) is 5. The molecule has 0 atom stereocenters. The molecule has 1 aromatic carbocycles. The van der Waals surface area contributed by atoms with Gasteiger partial charge in [-0.1, -0.05) is 24.3 Å². The zero-order valence-corrected chi connectivity index (χ0v) is 12.6. The van der Waals surface area contributed by atoms with Gasteiger partial charge in [0.15, 0.2) is 17.2 Å². The molecule has 8 nitrogen and oxygen atoms in total. The Hall–Kier alpha value is -3.55. The monoisotopic (exact) mass is 319 g/mol. The van der Waals surface area contributed by atoms with Crippen molar-refractivity contribution in [2.75, 3.05) is 0 Å². The number of carbonyl (C=O) groups is 1. The summed E-state index contributed by atoms with van der Waals surface area (Å²) in [7, 11) is 0. The van der Waals surface area contributed by atoms with E-state index in [2.05, 4.69) is 25.7 Å². The number of carbonyl (C=O) groups excluding carboxylic acids is 1. The molecule has 0 unspecified atom stereocenters. The highest BCUT2D eigenvalue weighted by molar-refractivity contribution is 5.91. The fraction of sp³-hybridized carbons (Fsp3) is 0.0625. The van der Waals surface area contributed by atoms with E-state index in [1.54, 1.807) is 0 Å². The molecule has 1 N–H and O–H groups in total. The summed E-state index contributed by atoms with van der Waals surface area (Å²) in [6.07, 6.45) is 3.28. The van der Waals surface area contributed by atoms with Crippen molar-refractivity contribution in [3.05, 3.63) is 72.4 Å². The Morgan fingerprint density at radius 3 is 2.75 bits per heavy atom. The minimum atomic E-state index is -0.315. The van der Waals surface area contributed by atoms with Crippen molar-refractivity contribution in [3.63, 3.8) is 0 Å². The lowest BCUT2D eigenvalue weighted by atomic mass is 10.3. The number of nitrogens with one attached hydrogen (secondary N) is 1. The van der Waals surface area contributed by atoms with Gasteiger partial charge in [-0.15, -0.1) is 15.3 Å². The van der Waals surface area contributed by atoms with Crippen LogP contribution in [0.15, 0.2) is 60.9 Å². The summed E-state index contributed by atoms with van der Waals surface area (Å²) in [5.74, 6) is 0.333. The largest absolute Gasteiger partial charge is 0.343 e. The second kappa shape index (κ2) is 5.92. The third kappa shape index (κ3) is 2.60. The first-order valence-electron chi connectivity index (χ1n) is 7.36. The summed E-state index contributed by atoms with van der Waals surface area (Å²) in [6.45, 7) is 0.252. The van der Waals surface area contributed by atoms with Crippen LogP contribution in [0.4, 0.5) is 0 Å². The predicted octanol–water partition coefficient (Wildman–Crippen LogP) is 1.24. The van der Waals surface area contributed by atoms with Gasteiger partial charge in [-0.2, -0.15) is 9.90 Å². The first-order valence-corrected chi connectivity index (χ1v) is 7.36. The minimum Gasteiger partial charge on any atom is -0.343 e. The molecule has 0 aliphatic rings. The number of rotatable bonds is 4. The second-order valence-electron chi connectivity index (χ2n) is 5.08. The summed E-state index contributed by atoms with van der Waals surface area (Å²) < 4.78 is 1.82. The number of benzene rings is 1. The molecule has 0 fully saturated rings. The molecule has 8 heteroatoms. The molecule has 0 saturated carbocycles. The van der Waals surface area contributed by atoms with Crippen molar-refractivity contribution in [1.82, 2.24) is 34.9 Å². The summed E-state index contributed by atoms with van der Waals surface area (Å²) >= 11 is 0. The molecule has 3 heterocycles. The van der Waals surface area contributed by atoms with Gasteiger partial charge in [-0.3, -0.25) is 9.20 Å². The third-order valence-corrected chi connectivity index (χ3v) is 3.50. The van der Waals surface area contributed by atoms with E-state index >= 15 is 0 Å². The smallest absolute Gasteiger partial charge is 0.273 e. The van der Waals surface area contributed by atoms with Gasteiger partial charge in [0.05, 0.1) is 18.4 Å². The fourth-order valence-electron chi connectivity index (χ4n) is 2.31. The molecule has 4 aromatic rings. The van der Waals surface area contributed by atoms with Gasteiger partial charge in [0, 0.05) is 6.20 Å². The van der Waals surface area contributed by atoms with Crippen molar-refractivity contribution in [2.45, 2.75) is 6.54 Å². The van der Waals surface area contributed by atoms with E-state index < -0.39 is 0 Å². The molecule has 3 aromatic heterocycles. The normalized spacial score (nSPS) is 10.8. The molecule has 0 spiro atoms.